The second-order valence-electron chi connectivity index (χ2n) is 7.08. The van der Waals surface area contributed by atoms with Gasteiger partial charge in [0, 0.05) is 16.3 Å². The van der Waals surface area contributed by atoms with Crippen LogP contribution in [0.4, 0.5) is 0 Å². The van der Waals surface area contributed by atoms with Gasteiger partial charge < -0.3 is 5.11 Å². The second kappa shape index (κ2) is 8.17. The predicted molar refractivity (Wildman–Crippen MR) is 112 cm³/mol. The number of sulfonamides is 1. The normalized spacial score (nSPS) is 15.2. The molecule has 3 aromatic rings. The molecule has 6 heteroatoms. The highest BCUT2D eigenvalue weighted by atomic mass is 32.2. The first kappa shape index (κ1) is 19.3. The van der Waals surface area contributed by atoms with Crippen LogP contribution >= 0.6 is 11.3 Å². The molecule has 4 nitrogen and oxygen atoms in total. The molecule has 0 saturated heterocycles. The first-order valence-electron chi connectivity index (χ1n) is 9.46. The highest BCUT2D eigenvalue weighted by Gasteiger charge is 2.18. The number of hydrogen-bond donors (Lipinski definition) is 2. The second-order valence-corrected chi connectivity index (χ2v) is 10.0. The third-order valence-corrected chi connectivity index (χ3v) is 7.67. The van der Waals surface area contributed by atoms with Crippen LogP contribution in [0.2, 0.25) is 0 Å². The molecule has 1 atom stereocenters. The fraction of sp³-hybridized carbons (Fsp3) is 0.273. The monoisotopic (exact) mass is 413 g/mol. The smallest absolute Gasteiger partial charge is 0.240 e. The zero-order chi connectivity index (χ0) is 19.6. The van der Waals surface area contributed by atoms with Crippen molar-refractivity contribution in [3.05, 3.63) is 87.1 Å². The van der Waals surface area contributed by atoms with Crippen LogP contribution < -0.4 is 4.72 Å². The molecule has 0 saturated carbocycles. The van der Waals surface area contributed by atoms with Crippen molar-refractivity contribution in [3.63, 3.8) is 0 Å². The number of fused-ring (bicyclic) bond motifs is 1. The number of thiophene rings is 1. The van der Waals surface area contributed by atoms with Crippen LogP contribution in [0.5, 0.6) is 0 Å². The molecule has 2 N–H and O–H groups in total. The number of aryl methyl sites for hydroxylation is 2. The maximum atomic E-state index is 12.7. The first-order chi connectivity index (χ1) is 13.5. The Labute approximate surface area is 169 Å². The molecule has 4 rings (SSSR count). The minimum atomic E-state index is -3.56. The highest BCUT2D eigenvalue weighted by molar-refractivity contribution is 7.89. The standard InChI is InChI=1S/C22H23NO3S2/c24-22(17-7-2-1-3-8-17)21-13-11-19(27-21)15-23-28(25,26)20-12-10-16-6-4-5-9-18(16)14-20/h1-3,7-8,10-14,22-24H,4-6,9,15H2/t22-/m1/s1. The van der Waals surface area contributed by atoms with E-state index in [1.165, 1.54) is 23.3 Å². The molecule has 146 valence electrons. The molecule has 0 unspecified atom stereocenters. The summed E-state index contributed by atoms with van der Waals surface area (Å²) in [7, 11) is -3.56. The van der Waals surface area contributed by atoms with Gasteiger partial charge in [-0.15, -0.1) is 11.3 Å². The summed E-state index contributed by atoms with van der Waals surface area (Å²) in [4.78, 5) is 2.00. The molecule has 0 radical (unpaired) electrons. The molecule has 0 bridgehead atoms. The van der Waals surface area contributed by atoms with Crippen molar-refractivity contribution in [2.75, 3.05) is 0 Å². The summed E-state index contributed by atoms with van der Waals surface area (Å²) in [6.45, 7) is 0.214. The average Bonchev–Trinajstić information content (AvgIpc) is 3.21. The number of aliphatic hydroxyl groups excluding tert-OH is 1. The van der Waals surface area contributed by atoms with E-state index >= 15 is 0 Å². The summed E-state index contributed by atoms with van der Waals surface area (Å²) >= 11 is 1.42. The summed E-state index contributed by atoms with van der Waals surface area (Å²) < 4.78 is 28.1. The molecule has 1 aliphatic carbocycles. The van der Waals surface area contributed by atoms with E-state index < -0.39 is 16.1 Å². The van der Waals surface area contributed by atoms with Crippen molar-refractivity contribution in [2.45, 2.75) is 43.2 Å². The molecule has 0 amide bonds. The summed E-state index contributed by atoms with van der Waals surface area (Å²) in [5, 5.41) is 10.5. The van der Waals surface area contributed by atoms with Gasteiger partial charge in [-0.1, -0.05) is 36.4 Å². The predicted octanol–water partition coefficient (Wildman–Crippen LogP) is 4.19. The van der Waals surface area contributed by atoms with Gasteiger partial charge in [-0.2, -0.15) is 0 Å². The summed E-state index contributed by atoms with van der Waals surface area (Å²) in [5.41, 5.74) is 3.24. The molecule has 1 heterocycles. The van der Waals surface area contributed by atoms with E-state index in [9.17, 15) is 13.5 Å². The Kier molecular flexibility index (Phi) is 5.64. The highest BCUT2D eigenvalue weighted by Crippen LogP contribution is 2.29. The molecule has 0 fully saturated rings. The maximum absolute atomic E-state index is 12.7. The van der Waals surface area contributed by atoms with Gasteiger partial charge in [-0.25, -0.2) is 13.1 Å². The van der Waals surface area contributed by atoms with E-state index in [4.69, 9.17) is 0 Å². The van der Waals surface area contributed by atoms with Gasteiger partial charge in [0.25, 0.3) is 0 Å². The molecule has 0 spiro atoms. The summed E-state index contributed by atoms with van der Waals surface area (Å²) in [6, 6.07) is 18.6. The van der Waals surface area contributed by atoms with Gasteiger partial charge in [-0.05, 0) is 66.6 Å². The Morgan fingerprint density at radius 2 is 1.71 bits per heavy atom. The van der Waals surface area contributed by atoms with E-state index in [1.54, 1.807) is 6.07 Å². The lowest BCUT2D eigenvalue weighted by molar-refractivity contribution is 0.224. The number of aliphatic hydroxyl groups is 1. The van der Waals surface area contributed by atoms with Gasteiger partial charge in [0.05, 0.1) is 4.90 Å². The van der Waals surface area contributed by atoms with Crippen LogP contribution in [0.15, 0.2) is 65.6 Å². The summed E-state index contributed by atoms with van der Waals surface area (Å²) in [5.74, 6) is 0. The molecule has 28 heavy (non-hydrogen) atoms. The third kappa shape index (κ3) is 4.20. The Balaban J connectivity index is 1.45. The van der Waals surface area contributed by atoms with E-state index in [0.29, 0.717) is 4.90 Å². The van der Waals surface area contributed by atoms with Crippen LogP contribution in [0.3, 0.4) is 0 Å². The van der Waals surface area contributed by atoms with Gasteiger partial charge in [0.2, 0.25) is 10.0 Å². The van der Waals surface area contributed by atoms with Gasteiger partial charge in [0.15, 0.2) is 0 Å². The quantitative estimate of drug-likeness (QED) is 0.637. The van der Waals surface area contributed by atoms with E-state index in [1.807, 2.05) is 54.6 Å². The van der Waals surface area contributed by atoms with Gasteiger partial charge in [0.1, 0.15) is 6.10 Å². The molecular formula is C22H23NO3S2. The van der Waals surface area contributed by atoms with Crippen LogP contribution in [-0.4, -0.2) is 13.5 Å². The number of rotatable bonds is 6. The lowest BCUT2D eigenvalue weighted by Crippen LogP contribution is -2.23. The van der Waals surface area contributed by atoms with E-state index in [0.717, 1.165) is 40.1 Å². The SMILES string of the molecule is O=S(=O)(NCc1ccc([C@H](O)c2ccccc2)s1)c1ccc2c(c1)CCCC2. The molecular weight excluding hydrogens is 390 g/mol. The van der Waals surface area contributed by atoms with Crippen molar-refractivity contribution < 1.29 is 13.5 Å². The van der Waals surface area contributed by atoms with Crippen LogP contribution in [-0.2, 0) is 29.4 Å². The van der Waals surface area contributed by atoms with Crippen molar-refractivity contribution in [3.8, 4) is 0 Å². The van der Waals surface area contributed by atoms with Gasteiger partial charge in [-0.3, -0.25) is 0 Å². The molecule has 1 aromatic heterocycles. The Morgan fingerprint density at radius 1 is 0.964 bits per heavy atom. The largest absolute Gasteiger partial charge is 0.383 e. The minimum Gasteiger partial charge on any atom is -0.383 e. The number of hydrogen-bond acceptors (Lipinski definition) is 4. The third-order valence-electron chi connectivity index (χ3n) is 5.13. The summed E-state index contributed by atoms with van der Waals surface area (Å²) in [6.07, 6.45) is 3.57. The Hall–Kier alpha value is -1.99. The van der Waals surface area contributed by atoms with Crippen LogP contribution in [0, 0.1) is 0 Å². The molecule has 1 aliphatic rings. The first-order valence-corrected chi connectivity index (χ1v) is 11.8. The Morgan fingerprint density at radius 3 is 2.50 bits per heavy atom. The van der Waals surface area contributed by atoms with E-state index in [-0.39, 0.29) is 6.54 Å². The topological polar surface area (TPSA) is 66.4 Å². The Bertz CT molecular complexity index is 1060. The minimum absolute atomic E-state index is 0.214. The average molecular weight is 414 g/mol. The van der Waals surface area contributed by atoms with Crippen molar-refractivity contribution >= 4 is 21.4 Å². The number of nitrogens with one attached hydrogen (secondary N) is 1. The maximum Gasteiger partial charge on any atom is 0.240 e. The van der Waals surface area contributed by atoms with E-state index in [2.05, 4.69) is 4.72 Å². The molecule has 2 aromatic carbocycles. The zero-order valence-corrected chi connectivity index (χ0v) is 17.1. The molecule has 0 aliphatic heterocycles. The fourth-order valence-electron chi connectivity index (χ4n) is 3.56. The fourth-order valence-corrected chi connectivity index (χ4v) is 5.68. The number of benzene rings is 2. The van der Waals surface area contributed by atoms with Crippen molar-refractivity contribution in [1.29, 1.82) is 0 Å². The van der Waals surface area contributed by atoms with Crippen LogP contribution in [0.25, 0.3) is 0 Å². The van der Waals surface area contributed by atoms with Crippen LogP contribution in [0.1, 0.15) is 45.4 Å². The lowest BCUT2D eigenvalue weighted by Gasteiger charge is -2.16. The van der Waals surface area contributed by atoms with Crippen molar-refractivity contribution in [1.82, 2.24) is 4.72 Å². The van der Waals surface area contributed by atoms with Crippen molar-refractivity contribution in [2.24, 2.45) is 0 Å². The lowest BCUT2D eigenvalue weighted by atomic mass is 9.92. The van der Waals surface area contributed by atoms with Gasteiger partial charge >= 0.3 is 0 Å². The zero-order valence-electron chi connectivity index (χ0n) is 15.5.